The van der Waals surface area contributed by atoms with Gasteiger partial charge in [-0.2, -0.15) is 0 Å². The first-order chi connectivity index (χ1) is 10.7. The van der Waals surface area contributed by atoms with Crippen LogP contribution in [0.4, 0.5) is 0 Å². The fourth-order valence-electron chi connectivity index (χ4n) is 3.03. The highest BCUT2D eigenvalue weighted by molar-refractivity contribution is 8.00. The number of benzene rings is 1. The van der Waals surface area contributed by atoms with Crippen molar-refractivity contribution in [2.24, 2.45) is 5.92 Å². The third-order valence-corrected chi connectivity index (χ3v) is 5.44. The Labute approximate surface area is 132 Å². The van der Waals surface area contributed by atoms with Crippen LogP contribution in [0.25, 0.3) is 0 Å². The van der Waals surface area contributed by atoms with Gasteiger partial charge in [0.15, 0.2) is 0 Å². The van der Waals surface area contributed by atoms with Gasteiger partial charge in [0.05, 0.1) is 5.56 Å². The summed E-state index contributed by atoms with van der Waals surface area (Å²) >= 11 is 1.64. The average molecular weight is 313 g/mol. The van der Waals surface area contributed by atoms with Crippen molar-refractivity contribution in [3.05, 3.63) is 65.3 Å². The molecule has 4 nitrogen and oxygen atoms in total. The van der Waals surface area contributed by atoms with E-state index in [1.54, 1.807) is 36.0 Å². The fraction of sp³-hybridized carbons (Fsp3) is 0.235. The van der Waals surface area contributed by atoms with E-state index in [9.17, 15) is 14.7 Å². The maximum Gasteiger partial charge on any atom is 0.336 e. The number of aromatic carboxylic acids is 1. The second-order valence-corrected chi connectivity index (χ2v) is 6.48. The summed E-state index contributed by atoms with van der Waals surface area (Å²) in [5.41, 5.74) is 1.49. The van der Waals surface area contributed by atoms with Gasteiger partial charge >= 0.3 is 5.97 Å². The van der Waals surface area contributed by atoms with E-state index >= 15 is 0 Å². The number of carboxylic acid groups (broad SMARTS) is 1. The van der Waals surface area contributed by atoms with Gasteiger partial charge in [-0.1, -0.05) is 36.4 Å². The fourth-order valence-corrected chi connectivity index (χ4v) is 4.48. The van der Waals surface area contributed by atoms with E-state index in [-0.39, 0.29) is 11.5 Å². The van der Waals surface area contributed by atoms with Crippen LogP contribution < -0.4 is 5.32 Å². The van der Waals surface area contributed by atoms with Crippen molar-refractivity contribution in [3.8, 4) is 0 Å². The SMILES string of the molecule is O=C=C1C=CC=CC1C1(c2ccccc2C(=O)O)NCCS1. The molecule has 0 radical (unpaired) electrons. The van der Waals surface area contributed by atoms with Gasteiger partial charge in [-0.15, -0.1) is 11.8 Å². The van der Waals surface area contributed by atoms with E-state index in [1.165, 1.54) is 0 Å². The number of carbonyl (C=O) groups excluding carboxylic acids is 1. The van der Waals surface area contributed by atoms with Crippen molar-refractivity contribution in [1.82, 2.24) is 5.32 Å². The molecular weight excluding hydrogens is 298 g/mol. The summed E-state index contributed by atoms with van der Waals surface area (Å²) in [7, 11) is 0. The molecule has 0 amide bonds. The lowest BCUT2D eigenvalue weighted by Crippen LogP contribution is -2.43. The topological polar surface area (TPSA) is 66.4 Å². The quantitative estimate of drug-likeness (QED) is 0.839. The Bertz CT molecular complexity index is 710. The smallest absolute Gasteiger partial charge is 0.336 e. The molecule has 1 aromatic carbocycles. The van der Waals surface area contributed by atoms with E-state index in [0.29, 0.717) is 11.1 Å². The largest absolute Gasteiger partial charge is 0.478 e. The molecule has 1 heterocycles. The lowest BCUT2D eigenvalue weighted by Gasteiger charge is -2.37. The van der Waals surface area contributed by atoms with Crippen LogP contribution in [0.5, 0.6) is 0 Å². The Kier molecular flexibility index (Phi) is 4.03. The highest BCUT2D eigenvalue weighted by Crippen LogP contribution is 2.48. The van der Waals surface area contributed by atoms with Crippen molar-refractivity contribution in [1.29, 1.82) is 0 Å². The van der Waals surface area contributed by atoms with E-state index in [2.05, 4.69) is 5.32 Å². The third kappa shape index (κ3) is 2.33. The van der Waals surface area contributed by atoms with Gasteiger partial charge in [-0.25, -0.2) is 9.59 Å². The van der Waals surface area contributed by atoms with Gasteiger partial charge < -0.3 is 5.11 Å². The molecule has 1 aliphatic heterocycles. The van der Waals surface area contributed by atoms with Crippen LogP contribution in [-0.4, -0.2) is 29.3 Å². The van der Waals surface area contributed by atoms with Crippen molar-refractivity contribution in [2.45, 2.75) is 4.87 Å². The molecule has 1 aliphatic carbocycles. The minimum Gasteiger partial charge on any atom is -0.478 e. The van der Waals surface area contributed by atoms with Crippen LogP contribution in [0.15, 0.2) is 54.1 Å². The van der Waals surface area contributed by atoms with E-state index in [0.717, 1.165) is 12.3 Å². The zero-order valence-electron chi connectivity index (χ0n) is 11.8. The van der Waals surface area contributed by atoms with E-state index in [4.69, 9.17) is 0 Å². The second kappa shape index (κ2) is 5.97. The molecule has 0 aromatic heterocycles. The number of nitrogens with one attached hydrogen (secondary N) is 1. The highest BCUT2D eigenvalue weighted by atomic mass is 32.2. The van der Waals surface area contributed by atoms with Crippen molar-refractivity contribution < 1.29 is 14.7 Å². The lowest BCUT2D eigenvalue weighted by atomic mass is 9.82. The van der Waals surface area contributed by atoms with Crippen molar-refractivity contribution in [3.63, 3.8) is 0 Å². The molecule has 2 atom stereocenters. The molecule has 0 saturated carbocycles. The van der Waals surface area contributed by atoms with Crippen molar-refractivity contribution in [2.75, 3.05) is 12.3 Å². The normalized spacial score (nSPS) is 26.9. The zero-order chi connectivity index (χ0) is 15.6. The summed E-state index contributed by atoms with van der Waals surface area (Å²) in [6.45, 7) is 0.763. The zero-order valence-corrected chi connectivity index (χ0v) is 12.6. The van der Waals surface area contributed by atoms with Crippen LogP contribution in [0.1, 0.15) is 15.9 Å². The van der Waals surface area contributed by atoms with Crippen LogP contribution >= 0.6 is 11.8 Å². The second-order valence-electron chi connectivity index (χ2n) is 5.14. The Morgan fingerprint density at radius 2 is 2.18 bits per heavy atom. The van der Waals surface area contributed by atoms with Crippen LogP contribution in [0.3, 0.4) is 0 Å². The predicted octanol–water partition coefficient (Wildman–Crippen LogP) is 2.37. The van der Waals surface area contributed by atoms with E-state index < -0.39 is 10.8 Å². The standard InChI is InChI=1S/C17H15NO3S/c19-11-12-5-1-3-7-14(12)17(18-9-10-22-17)15-8-4-2-6-13(15)16(20)21/h1-8,14,18H,9-10H2,(H,20,21). The molecule has 22 heavy (non-hydrogen) atoms. The molecule has 2 N–H and O–H groups in total. The Morgan fingerprint density at radius 1 is 1.36 bits per heavy atom. The summed E-state index contributed by atoms with van der Waals surface area (Å²) in [5, 5.41) is 12.9. The maximum atomic E-state index is 11.6. The molecule has 3 rings (SSSR count). The number of rotatable bonds is 3. The Hall–Kier alpha value is -2.07. The van der Waals surface area contributed by atoms with Crippen LogP contribution in [0, 0.1) is 5.92 Å². The van der Waals surface area contributed by atoms with Gasteiger partial charge in [0.2, 0.25) is 0 Å². The molecule has 1 saturated heterocycles. The average Bonchev–Trinajstić information content (AvgIpc) is 3.05. The number of carbonyl (C=O) groups is 1. The molecule has 1 aromatic rings. The first-order valence-electron chi connectivity index (χ1n) is 7.00. The molecule has 2 unspecified atom stereocenters. The Morgan fingerprint density at radius 3 is 2.86 bits per heavy atom. The van der Waals surface area contributed by atoms with Gasteiger partial charge in [-0.3, -0.25) is 5.32 Å². The summed E-state index contributed by atoms with van der Waals surface area (Å²) in [4.78, 5) is 22.3. The molecular formula is C17H15NO3S. The minimum atomic E-state index is -0.962. The number of carboxylic acids is 1. The summed E-state index contributed by atoms with van der Waals surface area (Å²) in [6.07, 6.45) is 7.36. The summed E-state index contributed by atoms with van der Waals surface area (Å²) < 4.78 is 0. The van der Waals surface area contributed by atoms with Gasteiger partial charge in [0.25, 0.3) is 0 Å². The van der Waals surface area contributed by atoms with Gasteiger partial charge in [-0.05, 0) is 17.7 Å². The third-order valence-electron chi connectivity index (χ3n) is 3.96. The predicted molar refractivity (Wildman–Crippen MR) is 86.5 cm³/mol. The number of allylic oxidation sites excluding steroid dienone is 3. The highest BCUT2D eigenvalue weighted by Gasteiger charge is 2.46. The van der Waals surface area contributed by atoms with Crippen LogP contribution in [-0.2, 0) is 9.67 Å². The summed E-state index contributed by atoms with van der Waals surface area (Å²) in [5.74, 6) is 1.65. The van der Waals surface area contributed by atoms with Crippen molar-refractivity contribution >= 4 is 23.7 Å². The first-order valence-corrected chi connectivity index (χ1v) is 7.99. The van der Waals surface area contributed by atoms with Crippen LogP contribution in [0.2, 0.25) is 0 Å². The molecule has 0 bridgehead atoms. The first kappa shape index (κ1) is 14.9. The minimum absolute atomic E-state index is 0.247. The van der Waals surface area contributed by atoms with Gasteiger partial charge in [0.1, 0.15) is 10.8 Å². The number of hydrogen-bond acceptors (Lipinski definition) is 4. The monoisotopic (exact) mass is 313 g/mol. The molecule has 5 heteroatoms. The maximum absolute atomic E-state index is 11.6. The number of thioether (sulfide) groups is 1. The lowest BCUT2D eigenvalue weighted by molar-refractivity contribution is 0.0694. The molecule has 2 aliphatic rings. The Balaban J connectivity index is 2.18. The molecule has 0 spiro atoms. The molecule has 1 fully saturated rings. The molecule has 112 valence electrons. The number of hydrogen-bond donors (Lipinski definition) is 2. The van der Waals surface area contributed by atoms with E-state index in [1.807, 2.05) is 30.2 Å². The summed E-state index contributed by atoms with van der Waals surface area (Å²) in [6, 6.07) is 6.97. The van der Waals surface area contributed by atoms with Gasteiger partial charge in [0, 0.05) is 23.8 Å².